The molecule has 1 fully saturated rings. The third kappa shape index (κ3) is 3.95. The van der Waals surface area contributed by atoms with E-state index >= 15 is 0 Å². The van der Waals surface area contributed by atoms with Gasteiger partial charge in [0.15, 0.2) is 0 Å². The van der Waals surface area contributed by atoms with E-state index in [9.17, 15) is 0 Å². The van der Waals surface area contributed by atoms with Crippen LogP contribution >= 0.6 is 0 Å². The molecular formula is C11H23NO2. The fourth-order valence-corrected chi connectivity index (χ4v) is 1.98. The molecule has 0 aromatic rings. The molecule has 0 amide bonds. The Morgan fingerprint density at radius 3 is 2.71 bits per heavy atom. The molecule has 1 saturated heterocycles. The molecule has 2 unspecified atom stereocenters. The average molecular weight is 201 g/mol. The van der Waals surface area contributed by atoms with Crippen LogP contribution in [-0.2, 0) is 4.74 Å². The van der Waals surface area contributed by atoms with Crippen molar-refractivity contribution < 1.29 is 9.84 Å². The Bertz CT molecular complexity index is 152. The van der Waals surface area contributed by atoms with Crippen molar-refractivity contribution in [1.82, 2.24) is 4.90 Å². The Labute approximate surface area is 87.1 Å². The molecule has 0 bridgehead atoms. The molecule has 0 aromatic heterocycles. The van der Waals surface area contributed by atoms with Gasteiger partial charge in [-0.05, 0) is 32.7 Å². The van der Waals surface area contributed by atoms with Gasteiger partial charge in [0.25, 0.3) is 0 Å². The summed E-state index contributed by atoms with van der Waals surface area (Å²) in [5.41, 5.74) is 0. The van der Waals surface area contributed by atoms with Crippen LogP contribution in [0.2, 0.25) is 0 Å². The Balaban J connectivity index is 2.19. The fraction of sp³-hybridized carbons (Fsp3) is 1.00. The summed E-state index contributed by atoms with van der Waals surface area (Å²) < 4.78 is 5.77. The molecule has 84 valence electrons. The summed E-state index contributed by atoms with van der Waals surface area (Å²) in [5.74, 6) is 0. The monoisotopic (exact) mass is 201 g/mol. The Morgan fingerprint density at radius 1 is 1.43 bits per heavy atom. The number of hydrogen-bond donors (Lipinski definition) is 1. The molecule has 0 radical (unpaired) electrons. The number of aliphatic hydroxyl groups is 1. The number of nitrogens with zero attached hydrogens (tertiary/aromatic N) is 1. The molecule has 0 aromatic carbocycles. The topological polar surface area (TPSA) is 32.7 Å². The summed E-state index contributed by atoms with van der Waals surface area (Å²) in [6.45, 7) is 7.66. The van der Waals surface area contributed by atoms with Crippen LogP contribution < -0.4 is 0 Å². The summed E-state index contributed by atoms with van der Waals surface area (Å²) in [5, 5.41) is 8.76. The average Bonchev–Trinajstić information content (AvgIpc) is 2.58. The van der Waals surface area contributed by atoms with E-state index in [0.29, 0.717) is 18.8 Å². The molecule has 0 spiro atoms. The van der Waals surface area contributed by atoms with E-state index in [4.69, 9.17) is 9.84 Å². The normalized spacial score (nSPS) is 27.4. The van der Waals surface area contributed by atoms with Crippen molar-refractivity contribution in [1.29, 1.82) is 0 Å². The zero-order valence-electron chi connectivity index (χ0n) is 9.41. The van der Waals surface area contributed by atoms with E-state index in [2.05, 4.69) is 18.7 Å². The molecule has 3 heteroatoms. The summed E-state index contributed by atoms with van der Waals surface area (Å²) in [4.78, 5) is 2.36. The van der Waals surface area contributed by atoms with E-state index < -0.39 is 0 Å². The van der Waals surface area contributed by atoms with E-state index in [1.54, 1.807) is 0 Å². The Hall–Kier alpha value is -0.120. The van der Waals surface area contributed by atoms with Crippen molar-refractivity contribution in [2.75, 3.05) is 26.2 Å². The van der Waals surface area contributed by atoms with E-state index in [1.807, 2.05) is 0 Å². The van der Waals surface area contributed by atoms with Crippen molar-refractivity contribution in [2.45, 2.75) is 45.3 Å². The van der Waals surface area contributed by atoms with Crippen LogP contribution in [0, 0.1) is 0 Å². The molecule has 14 heavy (non-hydrogen) atoms. The summed E-state index contributed by atoms with van der Waals surface area (Å²) in [7, 11) is 0. The summed E-state index contributed by atoms with van der Waals surface area (Å²) in [6, 6.07) is 0. The van der Waals surface area contributed by atoms with Crippen molar-refractivity contribution in [2.24, 2.45) is 0 Å². The smallest absolute Gasteiger partial charge is 0.0706 e. The summed E-state index contributed by atoms with van der Waals surface area (Å²) in [6.07, 6.45) is 4.12. The van der Waals surface area contributed by atoms with Crippen molar-refractivity contribution in [3.8, 4) is 0 Å². The highest BCUT2D eigenvalue weighted by Gasteiger charge is 2.23. The minimum absolute atomic E-state index is 0.290. The lowest BCUT2D eigenvalue weighted by atomic mass is 10.2. The second-order valence-electron chi connectivity index (χ2n) is 4.12. The Kier molecular flexibility index (Phi) is 5.45. The molecular weight excluding hydrogens is 178 g/mol. The largest absolute Gasteiger partial charge is 0.396 e. The lowest BCUT2D eigenvalue weighted by Gasteiger charge is -2.23. The molecule has 2 atom stereocenters. The maximum Gasteiger partial charge on any atom is 0.0706 e. The van der Waals surface area contributed by atoms with Crippen LogP contribution in [0.5, 0.6) is 0 Å². The maximum atomic E-state index is 8.76. The van der Waals surface area contributed by atoms with Crippen molar-refractivity contribution in [3.63, 3.8) is 0 Å². The van der Waals surface area contributed by atoms with Gasteiger partial charge in [-0.3, -0.25) is 0 Å². The molecule has 0 saturated carbocycles. The van der Waals surface area contributed by atoms with Gasteiger partial charge in [-0.1, -0.05) is 6.92 Å². The first-order valence-corrected chi connectivity index (χ1v) is 5.75. The van der Waals surface area contributed by atoms with Crippen LogP contribution in [0.3, 0.4) is 0 Å². The van der Waals surface area contributed by atoms with E-state index in [-0.39, 0.29) is 0 Å². The molecule has 1 aliphatic heterocycles. The zero-order chi connectivity index (χ0) is 10.4. The number of rotatable bonds is 6. The molecule has 3 nitrogen and oxygen atoms in total. The third-order valence-corrected chi connectivity index (χ3v) is 2.86. The van der Waals surface area contributed by atoms with Crippen LogP contribution in [-0.4, -0.2) is 48.5 Å². The number of hydrogen-bond acceptors (Lipinski definition) is 3. The molecule has 1 rings (SSSR count). The van der Waals surface area contributed by atoms with Gasteiger partial charge in [0.1, 0.15) is 0 Å². The van der Waals surface area contributed by atoms with E-state index in [1.165, 1.54) is 12.8 Å². The second kappa shape index (κ2) is 6.38. The first kappa shape index (κ1) is 12.0. The second-order valence-corrected chi connectivity index (χ2v) is 4.12. The molecule has 0 aliphatic carbocycles. The Morgan fingerprint density at radius 2 is 2.21 bits per heavy atom. The first-order valence-electron chi connectivity index (χ1n) is 5.75. The van der Waals surface area contributed by atoms with Gasteiger partial charge < -0.3 is 14.7 Å². The van der Waals surface area contributed by atoms with Gasteiger partial charge in [0, 0.05) is 19.7 Å². The highest BCUT2D eigenvalue weighted by atomic mass is 16.5. The SMILES string of the molecule is CCN(CCCO)CC1CCC(C)O1. The van der Waals surface area contributed by atoms with Crippen molar-refractivity contribution in [3.05, 3.63) is 0 Å². The van der Waals surface area contributed by atoms with Crippen LogP contribution in [0.4, 0.5) is 0 Å². The predicted octanol–water partition coefficient (Wildman–Crippen LogP) is 1.26. The number of aliphatic hydroxyl groups excluding tert-OH is 1. The fourth-order valence-electron chi connectivity index (χ4n) is 1.98. The molecule has 1 aliphatic rings. The zero-order valence-corrected chi connectivity index (χ0v) is 9.41. The lowest BCUT2D eigenvalue weighted by molar-refractivity contribution is 0.0313. The standard InChI is InChI=1S/C11H23NO2/c1-3-12(7-4-8-13)9-11-6-5-10(2)14-11/h10-11,13H,3-9H2,1-2H3. The molecule has 1 heterocycles. The highest BCUT2D eigenvalue weighted by Crippen LogP contribution is 2.19. The minimum atomic E-state index is 0.290. The van der Waals surface area contributed by atoms with Gasteiger partial charge in [-0.25, -0.2) is 0 Å². The number of likely N-dealkylation sites (N-methyl/N-ethyl adjacent to an activating group) is 1. The maximum absolute atomic E-state index is 8.76. The van der Waals surface area contributed by atoms with Gasteiger partial charge in [0.2, 0.25) is 0 Å². The van der Waals surface area contributed by atoms with Gasteiger partial charge in [0.05, 0.1) is 12.2 Å². The van der Waals surface area contributed by atoms with Crippen LogP contribution in [0.1, 0.15) is 33.1 Å². The highest BCUT2D eigenvalue weighted by molar-refractivity contribution is 4.73. The van der Waals surface area contributed by atoms with Crippen molar-refractivity contribution >= 4 is 0 Å². The van der Waals surface area contributed by atoms with Crippen LogP contribution in [0.15, 0.2) is 0 Å². The minimum Gasteiger partial charge on any atom is -0.396 e. The van der Waals surface area contributed by atoms with Crippen LogP contribution in [0.25, 0.3) is 0 Å². The van der Waals surface area contributed by atoms with Gasteiger partial charge >= 0.3 is 0 Å². The third-order valence-electron chi connectivity index (χ3n) is 2.86. The summed E-state index contributed by atoms with van der Waals surface area (Å²) >= 11 is 0. The molecule has 1 N–H and O–H groups in total. The van der Waals surface area contributed by atoms with Gasteiger partial charge in [-0.2, -0.15) is 0 Å². The quantitative estimate of drug-likeness (QED) is 0.702. The predicted molar refractivity (Wildman–Crippen MR) is 57.4 cm³/mol. The number of ether oxygens (including phenoxy) is 1. The van der Waals surface area contributed by atoms with Gasteiger partial charge in [-0.15, -0.1) is 0 Å². The first-order chi connectivity index (χ1) is 6.76. The van der Waals surface area contributed by atoms with E-state index in [0.717, 1.165) is 26.1 Å². The lowest BCUT2D eigenvalue weighted by Crippen LogP contribution is -2.33.